The smallest absolute Gasteiger partial charge is 0.210 e. The van der Waals surface area contributed by atoms with Gasteiger partial charge >= 0.3 is 0 Å². The number of nitrogens with one attached hydrogen (secondary N) is 1. The standard InChI is InChI=1S/C18H20FN5O2/c1-2-25-7-5-12-9-20-18(24-11-22-23-17(12)24)21-10-14-13-6-8-26-16(13)4-3-15(14)19/h3-4,9,11H,2,5-8,10H2,1H3,(H,20,21). The second kappa shape index (κ2) is 7.25. The normalized spacial score (nSPS) is 13.0. The van der Waals surface area contributed by atoms with Gasteiger partial charge in [0.25, 0.3) is 0 Å². The van der Waals surface area contributed by atoms with Crippen LogP contribution in [0.25, 0.3) is 5.65 Å². The van der Waals surface area contributed by atoms with Crippen molar-refractivity contribution in [1.82, 2.24) is 19.6 Å². The molecule has 0 amide bonds. The lowest BCUT2D eigenvalue weighted by atomic mass is 10.0. The van der Waals surface area contributed by atoms with Crippen LogP contribution in [0.5, 0.6) is 5.75 Å². The van der Waals surface area contributed by atoms with E-state index in [9.17, 15) is 4.39 Å². The molecule has 0 spiro atoms. The number of ether oxygens (including phenoxy) is 2. The molecule has 8 heteroatoms. The number of nitrogens with zero attached hydrogens (tertiary/aromatic N) is 4. The minimum atomic E-state index is -0.241. The molecule has 26 heavy (non-hydrogen) atoms. The monoisotopic (exact) mass is 357 g/mol. The quantitative estimate of drug-likeness (QED) is 0.655. The lowest BCUT2D eigenvalue weighted by Gasteiger charge is -2.12. The molecule has 1 N–H and O–H groups in total. The second-order valence-electron chi connectivity index (χ2n) is 6.03. The van der Waals surface area contributed by atoms with Gasteiger partial charge in [0.05, 0.1) is 13.2 Å². The van der Waals surface area contributed by atoms with Gasteiger partial charge < -0.3 is 14.8 Å². The van der Waals surface area contributed by atoms with E-state index in [0.29, 0.717) is 44.3 Å². The minimum Gasteiger partial charge on any atom is -0.493 e. The number of hydrogen-bond donors (Lipinski definition) is 1. The van der Waals surface area contributed by atoms with E-state index < -0.39 is 0 Å². The summed E-state index contributed by atoms with van der Waals surface area (Å²) in [6.07, 6.45) is 4.79. The van der Waals surface area contributed by atoms with Crippen molar-refractivity contribution >= 4 is 11.6 Å². The molecule has 3 aromatic rings. The molecule has 2 aromatic heterocycles. The van der Waals surface area contributed by atoms with Gasteiger partial charge in [-0.15, -0.1) is 10.2 Å². The van der Waals surface area contributed by atoms with Crippen molar-refractivity contribution in [2.45, 2.75) is 26.3 Å². The Bertz CT molecular complexity index is 927. The zero-order valence-corrected chi connectivity index (χ0v) is 14.5. The molecule has 7 nitrogen and oxygen atoms in total. The molecule has 136 valence electrons. The molecule has 0 atom stereocenters. The van der Waals surface area contributed by atoms with Crippen molar-refractivity contribution in [2.24, 2.45) is 0 Å². The molecule has 0 aliphatic carbocycles. The molecular weight excluding hydrogens is 337 g/mol. The molecular formula is C18H20FN5O2. The SMILES string of the molecule is CCOCCc1cnc(NCc2c(F)ccc3c2CCO3)n2cnnc12. The predicted molar refractivity (Wildman–Crippen MR) is 93.9 cm³/mol. The molecule has 1 aromatic carbocycles. The summed E-state index contributed by atoms with van der Waals surface area (Å²) in [6, 6.07) is 3.13. The van der Waals surface area contributed by atoms with Gasteiger partial charge in [-0.05, 0) is 19.1 Å². The molecule has 0 bridgehead atoms. The lowest BCUT2D eigenvalue weighted by Crippen LogP contribution is -2.10. The van der Waals surface area contributed by atoms with E-state index in [1.54, 1.807) is 23.0 Å². The molecule has 0 radical (unpaired) electrons. The third kappa shape index (κ3) is 3.08. The highest BCUT2D eigenvalue weighted by Crippen LogP contribution is 2.30. The number of halogens is 1. The van der Waals surface area contributed by atoms with Gasteiger partial charge in [0, 0.05) is 48.9 Å². The average molecular weight is 357 g/mol. The molecule has 0 unspecified atom stereocenters. The largest absolute Gasteiger partial charge is 0.493 e. The van der Waals surface area contributed by atoms with Crippen LogP contribution in [0.1, 0.15) is 23.6 Å². The minimum absolute atomic E-state index is 0.241. The summed E-state index contributed by atoms with van der Waals surface area (Å²) in [5, 5.41) is 11.4. The zero-order chi connectivity index (χ0) is 17.9. The summed E-state index contributed by atoms with van der Waals surface area (Å²) in [4.78, 5) is 4.46. The van der Waals surface area contributed by atoms with Gasteiger partial charge in [0.1, 0.15) is 17.9 Å². The van der Waals surface area contributed by atoms with Crippen molar-refractivity contribution in [3.05, 3.63) is 47.2 Å². The Labute approximate surface area is 150 Å². The van der Waals surface area contributed by atoms with Crippen LogP contribution in [0.4, 0.5) is 10.3 Å². The van der Waals surface area contributed by atoms with E-state index in [-0.39, 0.29) is 5.82 Å². The molecule has 1 aliphatic heterocycles. The van der Waals surface area contributed by atoms with Crippen LogP contribution < -0.4 is 10.1 Å². The fraction of sp³-hybridized carbons (Fsp3) is 0.389. The summed E-state index contributed by atoms with van der Waals surface area (Å²) < 4.78 is 27.0. The molecule has 3 heterocycles. The first-order valence-electron chi connectivity index (χ1n) is 8.70. The molecule has 0 fully saturated rings. The van der Waals surface area contributed by atoms with Crippen LogP contribution in [0.2, 0.25) is 0 Å². The van der Waals surface area contributed by atoms with Gasteiger partial charge in [-0.3, -0.25) is 4.40 Å². The van der Waals surface area contributed by atoms with Gasteiger partial charge in [0.2, 0.25) is 5.95 Å². The maximum Gasteiger partial charge on any atom is 0.210 e. The Balaban J connectivity index is 1.57. The summed E-state index contributed by atoms with van der Waals surface area (Å²) in [5.41, 5.74) is 3.22. The Kier molecular flexibility index (Phi) is 4.66. The Morgan fingerprint density at radius 1 is 1.38 bits per heavy atom. The van der Waals surface area contributed by atoms with E-state index in [1.165, 1.54) is 6.07 Å². The fourth-order valence-electron chi connectivity index (χ4n) is 3.18. The van der Waals surface area contributed by atoms with E-state index >= 15 is 0 Å². The third-order valence-electron chi connectivity index (χ3n) is 4.49. The highest BCUT2D eigenvalue weighted by molar-refractivity contribution is 5.51. The average Bonchev–Trinajstić information content (AvgIpc) is 3.31. The summed E-state index contributed by atoms with van der Waals surface area (Å²) in [7, 11) is 0. The van der Waals surface area contributed by atoms with Crippen LogP contribution in [0, 0.1) is 5.82 Å². The second-order valence-corrected chi connectivity index (χ2v) is 6.03. The Hall–Kier alpha value is -2.74. The zero-order valence-electron chi connectivity index (χ0n) is 14.5. The van der Waals surface area contributed by atoms with E-state index in [1.807, 2.05) is 6.92 Å². The van der Waals surface area contributed by atoms with Crippen LogP contribution in [-0.4, -0.2) is 39.4 Å². The molecule has 0 saturated carbocycles. The number of aromatic nitrogens is 4. The van der Waals surface area contributed by atoms with Gasteiger partial charge in [0.15, 0.2) is 5.65 Å². The lowest BCUT2D eigenvalue weighted by molar-refractivity contribution is 0.151. The van der Waals surface area contributed by atoms with E-state index in [2.05, 4.69) is 20.5 Å². The first kappa shape index (κ1) is 16.7. The topological polar surface area (TPSA) is 73.6 Å². The van der Waals surface area contributed by atoms with Crippen molar-refractivity contribution in [2.75, 3.05) is 25.1 Å². The maximum atomic E-state index is 14.3. The van der Waals surface area contributed by atoms with Crippen LogP contribution >= 0.6 is 0 Å². The number of anilines is 1. The van der Waals surface area contributed by atoms with Crippen molar-refractivity contribution in [3.63, 3.8) is 0 Å². The molecule has 0 saturated heterocycles. The van der Waals surface area contributed by atoms with Crippen LogP contribution in [0.3, 0.4) is 0 Å². The predicted octanol–water partition coefficient (Wildman–Crippen LogP) is 2.39. The van der Waals surface area contributed by atoms with Gasteiger partial charge in [-0.25, -0.2) is 9.37 Å². The van der Waals surface area contributed by atoms with Crippen LogP contribution in [0.15, 0.2) is 24.7 Å². The summed E-state index contributed by atoms with van der Waals surface area (Å²) in [5.74, 6) is 1.09. The first-order chi connectivity index (χ1) is 12.8. The van der Waals surface area contributed by atoms with Gasteiger partial charge in [-0.1, -0.05) is 0 Å². The number of benzene rings is 1. The Morgan fingerprint density at radius 2 is 2.31 bits per heavy atom. The third-order valence-corrected chi connectivity index (χ3v) is 4.49. The first-order valence-corrected chi connectivity index (χ1v) is 8.70. The van der Waals surface area contributed by atoms with Crippen molar-refractivity contribution < 1.29 is 13.9 Å². The molecule has 1 aliphatic rings. The van der Waals surface area contributed by atoms with Gasteiger partial charge in [-0.2, -0.15) is 0 Å². The maximum absolute atomic E-state index is 14.3. The number of rotatable bonds is 7. The highest BCUT2D eigenvalue weighted by atomic mass is 19.1. The number of hydrogen-bond acceptors (Lipinski definition) is 6. The summed E-state index contributed by atoms with van der Waals surface area (Å²) in [6.45, 7) is 4.15. The number of fused-ring (bicyclic) bond motifs is 2. The van der Waals surface area contributed by atoms with E-state index in [4.69, 9.17) is 9.47 Å². The highest BCUT2D eigenvalue weighted by Gasteiger charge is 2.19. The Morgan fingerprint density at radius 3 is 3.19 bits per heavy atom. The van der Waals surface area contributed by atoms with Crippen molar-refractivity contribution in [1.29, 1.82) is 0 Å². The van der Waals surface area contributed by atoms with Crippen molar-refractivity contribution in [3.8, 4) is 5.75 Å². The van der Waals surface area contributed by atoms with E-state index in [0.717, 1.165) is 28.9 Å². The summed E-state index contributed by atoms with van der Waals surface area (Å²) >= 11 is 0. The fourth-order valence-corrected chi connectivity index (χ4v) is 3.18. The molecule has 4 rings (SSSR count). The van der Waals surface area contributed by atoms with Crippen LogP contribution in [-0.2, 0) is 24.1 Å².